The number of nitrogens with zero attached hydrogens (tertiary/aromatic N) is 3. The van der Waals surface area contributed by atoms with Crippen LogP contribution in [0.4, 0.5) is 0 Å². The van der Waals surface area contributed by atoms with Crippen molar-refractivity contribution in [3.63, 3.8) is 0 Å². The van der Waals surface area contributed by atoms with Crippen molar-refractivity contribution in [2.45, 2.75) is 52.6 Å². The average molecular weight is 394 g/mol. The van der Waals surface area contributed by atoms with Crippen LogP contribution in [-0.2, 0) is 6.54 Å². The number of likely N-dealkylation sites (tertiary alicyclic amines) is 1. The Labute approximate surface area is 153 Å². The van der Waals surface area contributed by atoms with E-state index in [1.165, 1.54) is 25.9 Å². The lowest BCUT2D eigenvalue weighted by Crippen LogP contribution is -2.46. The lowest BCUT2D eigenvalue weighted by molar-refractivity contribution is 0.0822. The molecule has 24 heavy (non-hydrogen) atoms. The van der Waals surface area contributed by atoms with Crippen LogP contribution in [0.5, 0.6) is 5.75 Å². The lowest BCUT2D eigenvalue weighted by Gasteiger charge is -2.40. The SMILES string of the molecule is CCOc1c(Br)ccc2nn(CC3CCN(C(C)(C)C)CC3)cc12. The number of rotatable bonds is 4. The van der Waals surface area contributed by atoms with Crippen LogP contribution >= 0.6 is 15.9 Å². The maximum absolute atomic E-state index is 5.80. The Morgan fingerprint density at radius 2 is 1.96 bits per heavy atom. The molecule has 0 N–H and O–H groups in total. The van der Waals surface area contributed by atoms with Crippen LogP contribution in [0, 0.1) is 5.92 Å². The Morgan fingerprint density at radius 1 is 1.25 bits per heavy atom. The van der Waals surface area contributed by atoms with Crippen molar-refractivity contribution in [3.8, 4) is 5.75 Å². The number of aromatic nitrogens is 2. The molecule has 0 unspecified atom stereocenters. The summed E-state index contributed by atoms with van der Waals surface area (Å²) in [5, 5.41) is 5.86. The molecule has 1 saturated heterocycles. The maximum Gasteiger partial charge on any atom is 0.144 e. The van der Waals surface area contributed by atoms with Crippen LogP contribution in [0.25, 0.3) is 10.9 Å². The predicted molar refractivity (Wildman–Crippen MR) is 103 cm³/mol. The van der Waals surface area contributed by atoms with Crippen LogP contribution in [0.3, 0.4) is 0 Å². The molecule has 1 fully saturated rings. The summed E-state index contributed by atoms with van der Waals surface area (Å²) in [6.45, 7) is 13.0. The van der Waals surface area contributed by atoms with Crippen molar-refractivity contribution >= 4 is 26.8 Å². The molecule has 2 heterocycles. The normalized spacial score (nSPS) is 17.5. The molecule has 3 rings (SSSR count). The van der Waals surface area contributed by atoms with E-state index in [4.69, 9.17) is 9.84 Å². The molecule has 0 radical (unpaired) electrons. The highest BCUT2D eigenvalue weighted by atomic mass is 79.9. The van der Waals surface area contributed by atoms with E-state index in [1.807, 2.05) is 13.0 Å². The number of piperidine rings is 1. The molecule has 0 saturated carbocycles. The zero-order valence-electron chi connectivity index (χ0n) is 15.2. The van der Waals surface area contributed by atoms with Gasteiger partial charge in [-0.3, -0.25) is 9.58 Å². The zero-order chi connectivity index (χ0) is 17.3. The van der Waals surface area contributed by atoms with E-state index in [9.17, 15) is 0 Å². The van der Waals surface area contributed by atoms with Gasteiger partial charge in [0.2, 0.25) is 0 Å². The quantitative estimate of drug-likeness (QED) is 0.753. The molecule has 4 nitrogen and oxygen atoms in total. The summed E-state index contributed by atoms with van der Waals surface area (Å²) in [5.74, 6) is 1.61. The monoisotopic (exact) mass is 393 g/mol. The minimum Gasteiger partial charge on any atom is -0.492 e. The highest BCUT2D eigenvalue weighted by Gasteiger charge is 2.27. The van der Waals surface area contributed by atoms with Crippen molar-refractivity contribution in [2.75, 3.05) is 19.7 Å². The average Bonchev–Trinajstić information content (AvgIpc) is 2.93. The van der Waals surface area contributed by atoms with Crippen LogP contribution in [0.15, 0.2) is 22.8 Å². The first-order valence-corrected chi connectivity index (χ1v) is 9.71. The fourth-order valence-corrected chi connectivity index (χ4v) is 3.99. The van der Waals surface area contributed by atoms with Gasteiger partial charge in [-0.1, -0.05) is 0 Å². The molecule has 0 aliphatic carbocycles. The highest BCUT2D eigenvalue weighted by Crippen LogP contribution is 2.34. The van der Waals surface area contributed by atoms with Crippen molar-refractivity contribution in [1.29, 1.82) is 0 Å². The van der Waals surface area contributed by atoms with Crippen molar-refractivity contribution in [1.82, 2.24) is 14.7 Å². The molecule has 0 spiro atoms. The Hall–Kier alpha value is -1.07. The third-order valence-electron chi connectivity index (χ3n) is 4.94. The molecule has 132 valence electrons. The largest absolute Gasteiger partial charge is 0.492 e. The number of benzene rings is 1. The topological polar surface area (TPSA) is 30.3 Å². The van der Waals surface area contributed by atoms with Gasteiger partial charge < -0.3 is 4.74 Å². The minimum absolute atomic E-state index is 0.282. The Bertz CT molecular complexity index is 696. The molecule has 0 amide bonds. The third-order valence-corrected chi connectivity index (χ3v) is 5.56. The van der Waals surface area contributed by atoms with Crippen LogP contribution in [-0.4, -0.2) is 39.9 Å². The number of ether oxygens (including phenoxy) is 1. The molecular formula is C19H28BrN3O. The molecule has 1 aromatic heterocycles. The standard InChI is InChI=1S/C19H28BrN3O/c1-5-24-18-15-13-23(21-17(15)7-6-16(18)20)12-14-8-10-22(11-9-14)19(2,3)4/h6-7,13-14H,5,8-12H2,1-4H3. The molecule has 1 aromatic carbocycles. The number of hydrogen-bond acceptors (Lipinski definition) is 3. The van der Waals surface area contributed by atoms with Gasteiger partial charge >= 0.3 is 0 Å². The molecule has 0 bridgehead atoms. The Morgan fingerprint density at radius 3 is 2.58 bits per heavy atom. The Balaban J connectivity index is 1.71. The number of fused-ring (bicyclic) bond motifs is 1. The molecule has 2 aromatic rings. The minimum atomic E-state index is 0.282. The van der Waals surface area contributed by atoms with Crippen molar-refractivity contribution in [2.24, 2.45) is 5.92 Å². The lowest BCUT2D eigenvalue weighted by atomic mass is 9.93. The Kier molecular flexibility index (Phi) is 5.21. The fourth-order valence-electron chi connectivity index (χ4n) is 3.53. The van der Waals surface area contributed by atoms with E-state index < -0.39 is 0 Å². The summed E-state index contributed by atoms with van der Waals surface area (Å²) in [7, 11) is 0. The smallest absolute Gasteiger partial charge is 0.144 e. The van der Waals surface area contributed by atoms with Crippen LogP contribution < -0.4 is 4.74 Å². The van der Waals surface area contributed by atoms with Gasteiger partial charge in [0.15, 0.2) is 0 Å². The van der Waals surface area contributed by atoms with E-state index in [-0.39, 0.29) is 5.54 Å². The summed E-state index contributed by atoms with van der Waals surface area (Å²) < 4.78 is 8.90. The summed E-state index contributed by atoms with van der Waals surface area (Å²) in [6.07, 6.45) is 4.63. The van der Waals surface area contributed by atoms with Crippen LogP contribution in [0.2, 0.25) is 0 Å². The second-order valence-corrected chi connectivity index (χ2v) is 8.55. The van der Waals surface area contributed by atoms with Gasteiger partial charge in [0, 0.05) is 18.3 Å². The first-order valence-electron chi connectivity index (χ1n) is 8.92. The van der Waals surface area contributed by atoms with E-state index in [1.54, 1.807) is 0 Å². The molecule has 1 aliphatic heterocycles. The fraction of sp³-hybridized carbons (Fsp3) is 0.632. The van der Waals surface area contributed by atoms with Gasteiger partial charge in [-0.05, 0) is 87.6 Å². The summed E-state index contributed by atoms with van der Waals surface area (Å²) in [5.41, 5.74) is 1.29. The molecule has 5 heteroatoms. The van der Waals surface area contributed by atoms with Gasteiger partial charge in [-0.25, -0.2) is 0 Å². The van der Waals surface area contributed by atoms with Gasteiger partial charge in [0.1, 0.15) is 5.75 Å². The second kappa shape index (κ2) is 7.04. The second-order valence-electron chi connectivity index (χ2n) is 7.69. The molecule has 0 atom stereocenters. The number of hydrogen-bond donors (Lipinski definition) is 0. The maximum atomic E-state index is 5.80. The van der Waals surface area contributed by atoms with Crippen LogP contribution in [0.1, 0.15) is 40.5 Å². The van der Waals surface area contributed by atoms with E-state index >= 15 is 0 Å². The van der Waals surface area contributed by atoms with Gasteiger partial charge in [0.05, 0.1) is 22.0 Å². The first-order chi connectivity index (χ1) is 11.4. The third kappa shape index (κ3) is 3.77. The van der Waals surface area contributed by atoms with E-state index in [0.717, 1.165) is 27.7 Å². The van der Waals surface area contributed by atoms with E-state index in [2.05, 4.69) is 58.5 Å². The predicted octanol–water partition coefficient (Wildman–Crippen LogP) is 4.71. The van der Waals surface area contributed by atoms with E-state index in [0.29, 0.717) is 12.5 Å². The highest BCUT2D eigenvalue weighted by molar-refractivity contribution is 9.10. The van der Waals surface area contributed by atoms with Gasteiger partial charge in [-0.15, -0.1) is 0 Å². The molecule has 1 aliphatic rings. The first kappa shape index (κ1) is 17.7. The molecular weight excluding hydrogens is 366 g/mol. The zero-order valence-corrected chi connectivity index (χ0v) is 16.8. The summed E-state index contributed by atoms with van der Waals surface area (Å²) in [4.78, 5) is 2.59. The number of halogens is 1. The van der Waals surface area contributed by atoms with Crippen molar-refractivity contribution < 1.29 is 4.74 Å². The van der Waals surface area contributed by atoms with Gasteiger partial charge in [0.25, 0.3) is 0 Å². The van der Waals surface area contributed by atoms with Gasteiger partial charge in [-0.2, -0.15) is 5.10 Å². The summed E-state index contributed by atoms with van der Waals surface area (Å²) >= 11 is 3.58. The van der Waals surface area contributed by atoms with Crippen molar-refractivity contribution in [3.05, 3.63) is 22.8 Å². The summed E-state index contributed by atoms with van der Waals surface area (Å²) in [6, 6.07) is 4.08.